The van der Waals surface area contributed by atoms with Crippen LogP contribution in [0.2, 0.25) is 0 Å². The van der Waals surface area contributed by atoms with Gasteiger partial charge in [-0.15, -0.1) is 0 Å². The molecule has 0 spiro atoms. The van der Waals surface area contributed by atoms with Crippen LogP contribution in [0.15, 0.2) is 36.7 Å². The summed E-state index contributed by atoms with van der Waals surface area (Å²) in [5.74, 6) is -2.82. The van der Waals surface area contributed by atoms with Gasteiger partial charge in [0, 0.05) is 18.1 Å². The summed E-state index contributed by atoms with van der Waals surface area (Å²) in [7, 11) is 0. The van der Waals surface area contributed by atoms with Gasteiger partial charge in [0.2, 0.25) is 5.91 Å². The molecule has 0 fully saturated rings. The first kappa shape index (κ1) is 12.3. The molecule has 0 aromatic carbocycles. The molecule has 0 saturated carbocycles. The van der Waals surface area contributed by atoms with Crippen molar-refractivity contribution in [1.82, 2.24) is 4.98 Å². The predicted octanol–water partition coefficient (Wildman–Crippen LogP) is 0.352. The van der Waals surface area contributed by atoms with Crippen LogP contribution in [-0.2, 0) is 9.59 Å². The summed E-state index contributed by atoms with van der Waals surface area (Å²) in [4.78, 5) is 26.9. The van der Waals surface area contributed by atoms with Crippen LogP contribution in [-0.4, -0.2) is 16.9 Å². The largest absolute Gasteiger partial charge is 0.550 e. The number of rotatable bonds is 3. The highest BCUT2D eigenvalue weighted by Gasteiger charge is 2.29. The van der Waals surface area contributed by atoms with Crippen LogP contribution in [0.25, 0.3) is 0 Å². The molecule has 94 valence electrons. The zero-order chi connectivity index (χ0) is 13.0. The lowest BCUT2D eigenvalue weighted by atomic mass is 9.82. The second-order valence-electron chi connectivity index (χ2n) is 4.21. The molecule has 1 heterocycles. The Morgan fingerprint density at radius 3 is 2.61 bits per heavy atom. The van der Waals surface area contributed by atoms with E-state index in [1.807, 2.05) is 6.08 Å². The highest BCUT2D eigenvalue weighted by molar-refractivity contribution is 5.95. The number of aliphatic carboxylic acids is 1. The van der Waals surface area contributed by atoms with Crippen molar-refractivity contribution in [2.45, 2.75) is 12.8 Å². The third kappa shape index (κ3) is 2.74. The molecular formula is C13H13N2O3-. The lowest BCUT2D eigenvalue weighted by molar-refractivity contribution is -0.313. The van der Waals surface area contributed by atoms with E-state index in [1.54, 1.807) is 24.4 Å². The molecule has 1 aromatic rings. The number of carboxylic acids is 1. The van der Waals surface area contributed by atoms with E-state index in [0.717, 1.165) is 0 Å². The minimum Gasteiger partial charge on any atom is -0.550 e. The van der Waals surface area contributed by atoms with Crippen LogP contribution in [0, 0.1) is 11.8 Å². The molecule has 1 aliphatic rings. The highest BCUT2D eigenvalue weighted by Crippen LogP contribution is 2.26. The van der Waals surface area contributed by atoms with Gasteiger partial charge < -0.3 is 15.2 Å². The number of anilines is 1. The third-order valence-electron chi connectivity index (χ3n) is 3.00. The number of carbonyl (C=O) groups excluding carboxylic acids is 2. The Hall–Kier alpha value is -2.17. The van der Waals surface area contributed by atoms with Gasteiger partial charge in [0.25, 0.3) is 0 Å². The number of allylic oxidation sites excluding steroid dienone is 2. The molecule has 2 atom stereocenters. The maximum absolute atomic E-state index is 12.0. The Bertz CT molecular complexity index is 470. The zero-order valence-electron chi connectivity index (χ0n) is 9.70. The minimum atomic E-state index is -1.18. The van der Waals surface area contributed by atoms with E-state index in [-0.39, 0.29) is 5.91 Å². The summed E-state index contributed by atoms with van der Waals surface area (Å²) in [6, 6.07) is 3.41. The molecule has 5 heteroatoms. The van der Waals surface area contributed by atoms with Crippen molar-refractivity contribution in [2.75, 3.05) is 5.32 Å². The molecule has 18 heavy (non-hydrogen) atoms. The fourth-order valence-corrected chi connectivity index (χ4v) is 2.04. The molecule has 1 N–H and O–H groups in total. The van der Waals surface area contributed by atoms with E-state index in [9.17, 15) is 14.7 Å². The Kier molecular flexibility index (Phi) is 3.72. The zero-order valence-corrected chi connectivity index (χ0v) is 9.70. The average Bonchev–Trinajstić information content (AvgIpc) is 2.40. The van der Waals surface area contributed by atoms with Crippen LogP contribution >= 0.6 is 0 Å². The van der Waals surface area contributed by atoms with Gasteiger partial charge in [0.15, 0.2) is 0 Å². The second kappa shape index (κ2) is 5.44. The summed E-state index contributed by atoms with van der Waals surface area (Å²) >= 11 is 0. The fourth-order valence-electron chi connectivity index (χ4n) is 2.04. The maximum Gasteiger partial charge on any atom is 0.228 e. The van der Waals surface area contributed by atoms with Gasteiger partial charge in [0.05, 0.1) is 17.8 Å². The van der Waals surface area contributed by atoms with Crippen molar-refractivity contribution in [3.05, 3.63) is 36.7 Å². The molecule has 0 aliphatic heterocycles. The fraction of sp³-hybridized carbons (Fsp3) is 0.308. The average molecular weight is 245 g/mol. The molecule has 1 aliphatic carbocycles. The standard InChI is InChI=1S/C13H14N2O3/c16-12(15-9-4-3-7-14-8-9)10-5-1-2-6-11(10)13(17)18/h1-4,7-8,10-11H,5-6H2,(H,15,16)(H,17,18)/p-1/t10-,11-/m0/s1. The molecule has 0 radical (unpaired) electrons. The van der Waals surface area contributed by atoms with Gasteiger partial charge in [-0.2, -0.15) is 0 Å². The number of aromatic nitrogens is 1. The summed E-state index contributed by atoms with van der Waals surface area (Å²) in [6.45, 7) is 0. The van der Waals surface area contributed by atoms with Gasteiger partial charge in [-0.05, 0) is 25.0 Å². The monoisotopic (exact) mass is 245 g/mol. The number of carbonyl (C=O) groups is 2. The number of hydrogen-bond donors (Lipinski definition) is 1. The van der Waals surface area contributed by atoms with Crippen LogP contribution in [0.1, 0.15) is 12.8 Å². The van der Waals surface area contributed by atoms with Crippen LogP contribution < -0.4 is 10.4 Å². The van der Waals surface area contributed by atoms with Gasteiger partial charge >= 0.3 is 0 Å². The normalized spacial score (nSPS) is 22.4. The molecular weight excluding hydrogens is 232 g/mol. The number of nitrogens with one attached hydrogen (secondary N) is 1. The number of hydrogen-bond acceptors (Lipinski definition) is 4. The molecule has 0 saturated heterocycles. The van der Waals surface area contributed by atoms with E-state index in [4.69, 9.17) is 0 Å². The van der Waals surface area contributed by atoms with Crippen molar-refractivity contribution < 1.29 is 14.7 Å². The molecule has 2 rings (SSSR count). The summed E-state index contributed by atoms with van der Waals surface area (Å²) in [6.07, 6.45) is 7.48. The van der Waals surface area contributed by atoms with Crippen LogP contribution in [0.4, 0.5) is 5.69 Å². The second-order valence-corrected chi connectivity index (χ2v) is 4.21. The first-order valence-electron chi connectivity index (χ1n) is 5.75. The van der Waals surface area contributed by atoms with Crippen molar-refractivity contribution in [2.24, 2.45) is 11.8 Å². The Morgan fingerprint density at radius 1 is 1.28 bits per heavy atom. The summed E-state index contributed by atoms with van der Waals surface area (Å²) in [5.41, 5.74) is 0.564. The van der Waals surface area contributed by atoms with Crippen LogP contribution in [0.5, 0.6) is 0 Å². The predicted molar refractivity (Wildman–Crippen MR) is 63.2 cm³/mol. The van der Waals surface area contributed by atoms with Crippen molar-refractivity contribution in [3.8, 4) is 0 Å². The number of nitrogens with zero attached hydrogens (tertiary/aromatic N) is 1. The summed E-state index contributed by atoms with van der Waals surface area (Å²) in [5, 5.41) is 13.7. The Labute approximate surface area is 105 Å². The quantitative estimate of drug-likeness (QED) is 0.779. The van der Waals surface area contributed by atoms with E-state index >= 15 is 0 Å². The number of carboxylic acid groups (broad SMARTS) is 1. The van der Waals surface area contributed by atoms with Crippen molar-refractivity contribution >= 4 is 17.6 Å². The molecule has 1 aromatic heterocycles. The smallest absolute Gasteiger partial charge is 0.228 e. The summed E-state index contributed by atoms with van der Waals surface area (Å²) < 4.78 is 0. The van der Waals surface area contributed by atoms with Crippen molar-refractivity contribution in [3.63, 3.8) is 0 Å². The third-order valence-corrected chi connectivity index (χ3v) is 3.00. The van der Waals surface area contributed by atoms with Gasteiger partial charge in [0.1, 0.15) is 0 Å². The van der Waals surface area contributed by atoms with E-state index < -0.39 is 17.8 Å². The lowest BCUT2D eigenvalue weighted by Crippen LogP contribution is -2.41. The SMILES string of the molecule is O=C([O-])[C@H]1CC=CC[C@@H]1C(=O)Nc1cccnc1. The van der Waals surface area contributed by atoms with Gasteiger partial charge in [-0.25, -0.2) is 0 Å². The molecule has 0 bridgehead atoms. The first-order valence-corrected chi connectivity index (χ1v) is 5.75. The lowest BCUT2D eigenvalue weighted by Gasteiger charge is -2.28. The highest BCUT2D eigenvalue weighted by atomic mass is 16.4. The molecule has 1 amide bonds. The molecule has 5 nitrogen and oxygen atoms in total. The minimum absolute atomic E-state index is 0.304. The number of amides is 1. The van der Waals surface area contributed by atoms with E-state index in [0.29, 0.717) is 18.5 Å². The molecule has 0 unspecified atom stereocenters. The topological polar surface area (TPSA) is 82.1 Å². The Balaban J connectivity index is 2.08. The maximum atomic E-state index is 12.0. The van der Waals surface area contributed by atoms with Gasteiger partial charge in [-0.1, -0.05) is 12.2 Å². The van der Waals surface area contributed by atoms with Crippen molar-refractivity contribution in [1.29, 1.82) is 0 Å². The first-order chi connectivity index (χ1) is 8.68. The van der Waals surface area contributed by atoms with E-state index in [2.05, 4.69) is 10.3 Å². The number of pyridine rings is 1. The van der Waals surface area contributed by atoms with Crippen LogP contribution in [0.3, 0.4) is 0 Å². The van der Waals surface area contributed by atoms with Gasteiger partial charge in [-0.3, -0.25) is 9.78 Å². The Morgan fingerprint density at radius 2 is 2.00 bits per heavy atom. The van der Waals surface area contributed by atoms with E-state index in [1.165, 1.54) is 6.20 Å².